The monoisotopic (exact) mass is 354 g/mol. The van der Waals surface area contributed by atoms with Crippen LogP contribution in [-0.4, -0.2) is 33.2 Å². The third-order valence-corrected chi connectivity index (χ3v) is 4.38. The smallest absolute Gasteiger partial charge is 0.295 e. The minimum Gasteiger partial charge on any atom is -0.507 e. The molecule has 134 valence electrons. The zero-order valence-corrected chi connectivity index (χ0v) is 14.4. The molecular weight excluding hydrogens is 335 g/mol. The largest absolute Gasteiger partial charge is 0.507 e. The summed E-state index contributed by atoms with van der Waals surface area (Å²) >= 11 is 0. The number of carbonyl (C=O) groups is 2. The summed E-state index contributed by atoms with van der Waals surface area (Å²) in [6, 6.07) is 9.60. The molecule has 0 radical (unpaired) electrons. The van der Waals surface area contributed by atoms with Gasteiger partial charge in [-0.25, -0.2) is 4.39 Å². The van der Waals surface area contributed by atoms with Crippen LogP contribution in [0.2, 0.25) is 0 Å². The molecule has 1 N–H and O–H groups in total. The summed E-state index contributed by atoms with van der Waals surface area (Å²) in [7, 11) is 0. The lowest BCUT2D eigenvalue weighted by Crippen LogP contribution is -2.31. The third-order valence-electron chi connectivity index (χ3n) is 4.38. The number of aromatic nitrogens is 1. The zero-order chi connectivity index (χ0) is 18.7. The molecule has 2 heterocycles. The molecule has 1 aliphatic rings. The minimum absolute atomic E-state index is 0.0172. The lowest BCUT2D eigenvalue weighted by atomic mass is 9.98. The van der Waals surface area contributed by atoms with Gasteiger partial charge in [0.2, 0.25) is 0 Å². The van der Waals surface area contributed by atoms with Crippen molar-refractivity contribution in [2.75, 3.05) is 6.54 Å². The summed E-state index contributed by atoms with van der Waals surface area (Å²) in [5.41, 5.74) is 0.767. The molecule has 2 aromatic rings. The number of halogens is 1. The van der Waals surface area contributed by atoms with E-state index in [1.165, 1.54) is 29.2 Å². The summed E-state index contributed by atoms with van der Waals surface area (Å²) in [5.74, 6) is -2.18. The van der Waals surface area contributed by atoms with Crippen molar-refractivity contribution in [2.45, 2.75) is 25.8 Å². The molecule has 1 aliphatic heterocycles. The number of amides is 1. The van der Waals surface area contributed by atoms with Crippen molar-refractivity contribution in [3.63, 3.8) is 0 Å². The van der Waals surface area contributed by atoms with E-state index in [1.54, 1.807) is 24.4 Å². The van der Waals surface area contributed by atoms with Crippen LogP contribution in [-0.2, 0) is 9.59 Å². The Morgan fingerprint density at radius 2 is 1.92 bits per heavy atom. The number of benzene rings is 1. The number of unbranched alkanes of at least 4 members (excludes halogenated alkanes) is 1. The Bertz CT molecular complexity index is 847. The first-order valence-electron chi connectivity index (χ1n) is 8.50. The zero-order valence-electron chi connectivity index (χ0n) is 14.4. The van der Waals surface area contributed by atoms with Crippen molar-refractivity contribution in [1.82, 2.24) is 9.88 Å². The van der Waals surface area contributed by atoms with Crippen LogP contribution in [0.5, 0.6) is 0 Å². The molecule has 1 atom stereocenters. The topological polar surface area (TPSA) is 70.5 Å². The molecule has 1 aromatic heterocycles. The molecule has 0 aliphatic carbocycles. The van der Waals surface area contributed by atoms with Crippen LogP contribution in [0.15, 0.2) is 54.2 Å². The maximum Gasteiger partial charge on any atom is 0.295 e. The summed E-state index contributed by atoms with van der Waals surface area (Å²) in [4.78, 5) is 30.9. The van der Waals surface area contributed by atoms with E-state index < -0.39 is 23.5 Å². The predicted molar refractivity (Wildman–Crippen MR) is 94.6 cm³/mol. The Labute approximate surface area is 150 Å². The molecule has 5 nitrogen and oxygen atoms in total. The summed E-state index contributed by atoms with van der Waals surface area (Å²) in [6.07, 6.45) is 3.16. The lowest BCUT2D eigenvalue weighted by Gasteiger charge is -2.24. The van der Waals surface area contributed by atoms with Crippen molar-refractivity contribution < 1.29 is 19.1 Å². The van der Waals surface area contributed by atoms with Crippen molar-refractivity contribution in [3.05, 3.63) is 71.3 Å². The van der Waals surface area contributed by atoms with E-state index in [0.29, 0.717) is 12.2 Å². The van der Waals surface area contributed by atoms with Gasteiger partial charge in [0, 0.05) is 18.3 Å². The SMILES string of the molecule is CCCCN1C(=O)C(=O)/C(=C(\O)c2ccc(F)cc2)C1c1ccccn1. The molecule has 1 amide bonds. The molecule has 3 rings (SSSR count). The van der Waals surface area contributed by atoms with Gasteiger partial charge in [-0.1, -0.05) is 19.4 Å². The number of hydrogen-bond acceptors (Lipinski definition) is 4. The molecule has 1 aromatic carbocycles. The van der Waals surface area contributed by atoms with Gasteiger partial charge < -0.3 is 10.0 Å². The van der Waals surface area contributed by atoms with Crippen molar-refractivity contribution in [2.24, 2.45) is 0 Å². The fraction of sp³-hybridized carbons (Fsp3) is 0.250. The van der Waals surface area contributed by atoms with Gasteiger partial charge in [0.15, 0.2) is 0 Å². The van der Waals surface area contributed by atoms with E-state index in [4.69, 9.17) is 0 Å². The molecule has 1 unspecified atom stereocenters. The number of rotatable bonds is 5. The second-order valence-electron chi connectivity index (χ2n) is 6.11. The molecule has 0 spiro atoms. The van der Waals surface area contributed by atoms with Crippen LogP contribution in [0, 0.1) is 5.82 Å². The van der Waals surface area contributed by atoms with E-state index in [-0.39, 0.29) is 16.9 Å². The van der Waals surface area contributed by atoms with E-state index in [1.807, 2.05) is 6.92 Å². The van der Waals surface area contributed by atoms with Gasteiger partial charge >= 0.3 is 0 Å². The average Bonchev–Trinajstić information content (AvgIpc) is 2.91. The van der Waals surface area contributed by atoms with Crippen LogP contribution < -0.4 is 0 Å². The molecule has 26 heavy (non-hydrogen) atoms. The van der Waals surface area contributed by atoms with Crippen LogP contribution in [0.1, 0.15) is 37.1 Å². The predicted octanol–water partition coefficient (Wildman–Crippen LogP) is 3.44. The first kappa shape index (κ1) is 17.8. The lowest BCUT2D eigenvalue weighted by molar-refractivity contribution is -0.140. The first-order chi connectivity index (χ1) is 12.5. The maximum absolute atomic E-state index is 13.2. The van der Waals surface area contributed by atoms with Crippen molar-refractivity contribution >= 4 is 17.4 Å². The minimum atomic E-state index is -0.757. The normalized spacial score (nSPS) is 19.2. The van der Waals surface area contributed by atoms with Gasteiger partial charge in [0.25, 0.3) is 11.7 Å². The number of ketones is 1. The molecular formula is C20H19FN2O3. The van der Waals surface area contributed by atoms with Gasteiger partial charge in [-0.15, -0.1) is 0 Å². The highest BCUT2D eigenvalue weighted by Crippen LogP contribution is 2.38. The van der Waals surface area contributed by atoms with E-state index in [9.17, 15) is 19.1 Å². The number of nitrogens with zero attached hydrogens (tertiary/aromatic N) is 2. The molecule has 6 heteroatoms. The Kier molecular flexibility index (Phi) is 5.11. The highest BCUT2D eigenvalue weighted by Gasteiger charge is 2.46. The van der Waals surface area contributed by atoms with E-state index in [2.05, 4.69) is 4.98 Å². The number of Topliss-reactive ketones (excluding diaryl/α,β-unsaturated/α-hetero) is 1. The van der Waals surface area contributed by atoms with Crippen molar-refractivity contribution in [3.8, 4) is 0 Å². The number of hydrogen-bond donors (Lipinski definition) is 1. The van der Waals surface area contributed by atoms with Gasteiger partial charge in [-0.2, -0.15) is 0 Å². The molecule has 1 fully saturated rings. The number of pyridine rings is 1. The maximum atomic E-state index is 13.2. The second-order valence-corrected chi connectivity index (χ2v) is 6.11. The Morgan fingerprint density at radius 1 is 1.19 bits per heavy atom. The van der Waals surface area contributed by atoms with Crippen LogP contribution in [0.4, 0.5) is 4.39 Å². The van der Waals surface area contributed by atoms with Gasteiger partial charge in [0.05, 0.1) is 11.3 Å². The molecule has 1 saturated heterocycles. The number of aliphatic hydroxyl groups is 1. The van der Waals surface area contributed by atoms with Crippen molar-refractivity contribution in [1.29, 1.82) is 0 Å². The highest BCUT2D eigenvalue weighted by molar-refractivity contribution is 6.46. The van der Waals surface area contributed by atoms with Gasteiger partial charge in [-0.05, 0) is 42.8 Å². The van der Waals surface area contributed by atoms with Gasteiger partial charge in [-0.3, -0.25) is 14.6 Å². The number of likely N-dealkylation sites (tertiary alicyclic amines) is 1. The Balaban J connectivity index is 2.14. The van der Waals surface area contributed by atoms with E-state index >= 15 is 0 Å². The van der Waals surface area contributed by atoms with Crippen LogP contribution >= 0.6 is 0 Å². The Hall–Kier alpha value is -3.02. The third kappa shape index (κ3) is 3.22. The quantitative estimate of drug-likeness (QED) is 0.507. The highest BCUT2D eigenvalue weighted by atomic mass is 19.1. The van der Waals surface area contributed by atoms with Gasteiger partial charge in [0.1, 0.15) is 17.6 Å². The fourth-order valence-electron chi connectivity index (χ4n) is 3.05. The first-order valence-corrected chi connectivity index (χ1v) is 8.50. The Morgan fingerprint density at radius 3 is 2.54 bits per heavy atom. The second kappa shape index (κ2) is 7.47. The van der Waals surface area contributed by atoms with E-state index in [0.717, 1.165) is 12.8 Å². The summed E-state index contributed by atoms with van der Waals surface area (Å²) in [5, 5.41) is 10.7. The average molecular weight is 354 g/mol. The standard InChI is InChI=1S/C20H19FN2O3/c1-2-3-12-23-17(15-6-4-5-11-22-15)16(19(25)20(23)26)18(24)13-7-9-14(21)10-8-13/h4-11,17,24H,2-3,12H2,1H3/b18-16-. The van der Waals surface area contributed by atoms with Crippen LogP contribution in [0.25, 0.3) is 5.76 Å². The summed E-state index contributed by atoms with van der Waals surface area (Å²) < 4.78 is 13.2. The number of carbonyl (C=O) groups excluding carboxylic acids is 2. The molecule has 0 saturated carbocycles. The summed E-state index contributed by atoms with van der Waals surface area (Å²) in [6.45, 7) is 2.38. The number of aliphatic hydroxyl groups excluding tert-OH is 1. The molecule has 0 bridgehead atoms. The fourth-order valence-corrected chi connectivity index (χ4v) is 3.05. The van der Waals surface area contributed by atoms with Crippen LogP contribution in [0.3, 0.4) is 0 Å².